The topological polar surface area (TPSA) is 56.5 Å². The van der Waals surface area contributed by atoms with Gasteiger partial charge in [0.1, 0.15) is 11.4 Å². The summed E-state index contributed by atoms with van der Waals surface area (Å²) in [5, 5.41) is 3.26. The first kappa shape index (κ1) is 14.6. The first-order chi connectivity index (χ1) is 9.85. The SMILES string of the molecule is CCOc1ccc(-c2ocnc2CNCCOC)cc1. The molecule has 108 valence electrons. The quantitative estimate of drug-likeness (QED) is 0.751. The van der Waals surface area contributed by atoms with Gasteiger partial charge in [0, 0.05) is 25.8 Å². The number of rotatable bonds is 8. The van der Waals surface area contributed by atoms with Crippen molar-refractivity contribution in [2.75, 3.05) is 26.9 Å². The molecule has 5 heteroatoms. The highest BCUT2D eigenvalue weighted by Crippen LogP contribution is 2.25. The van der Waals surface area contributed by atoms with Crippen molar-refractivity contribution in [2.24, 2.45) is 0 Å². The van der Waals surface area contributed by atoms with Crippen LogP contribution in [0.2, 0.25) is 0 Å². The third-order valence-corrected chi connectivity index (χ3v) is 2.84. The summed E-state index contributed by atoms with van der Waals surface area (Å²) in [5.74, 6) is 1.65. The molecule has 0 aliphatic rings. The van der Waals surface area contributed by atoms with Gasteiger partial charge in [0.25, 0.3) is 0 Å². The largest absolute Gasteiger partial charge is 0.494 e. The van der Waals surface area contributed by atoms with E-state index in [1.54, 1.807) is 7.11 Å². The molecular weight excluding hydrogens is 256 g/mol. The fourth-order valence-electron chi connectivity index (χ4n) is 1.88. The van der Waals surface area contributed by atoms with E-state index in [1.807, 2.05) is 31.2 Å². The Kier molecular flexibility index (Phi) is 5.58. The molecule has 2 rings (SSSR count). The van der Waals surface area contributed by atoms with Crippen LogP contribution in [-0.4, -0.2) is 31.9 Å². The van der Waals surface area contributed by atoms with Gasteiger partial charge in [0.15, 0.2) is 12.2 Å². The predicted octanol–water partition coefficient (Wildman–Crippen LogP) is 2.48. The summed E-state index contributed by atoms with van der Waals surface area (Å²) < 4.78 is 15.9. The molecule has 0 aliphatic carbocycles. The molecule has 0 spiro atoms. The molecule has 1 aromatic carbocycles. The molecule has 0 atom stereocenters. The molecule has 2 aromatic rings. The van der Waals surface area contributed by atoms with Crippen molar-refractivity contribution in [3.05, 3.63) is 36.4 Å². The molecule has 1 heterocycles. The average molecular weight is 276 g/mol. The fraction of sp³-hybridized carbons (Fsp3) is 0.400. The number of hydrogen-bond acceptors (Lipinski definition) is 5. The van der Waals surface area contributed by atoms with Gasteiger partial charge in [-0.3, -0.25) is 0 Å². The molecule has 0 bridgehead atoms. The van der Waals surface area contributed by atoms with Gasteiger partial charge < -0.3 is 19.2 Å². The van der Waals surface area contributed by atoms with Crippen LogP contribution in [-0.2, 0) is 11.3 Å². The molecule has 0 fully saturated rings. The molecular formula is C15H20N2O3. The maximum absolute atomic E-state index is 5.48. The van der Waals surface area contributed by atoms with Gasteiger partial charge in [0.2, 0.25) is 0 Å². The summed E-state index contributed by atoms with van der Waals surface area (Å²) in [6.07, 6.45) is 1.47. The zero-order valence-corrected chi connectivity index (χ0v) is 11.9. The first-order valence-electron chi connectivity index (χ1n) is 6.70. The van der Waals surface area contributed by atoms with Crippen LogP contribution in [0.1, 0.15) is 12.6 Å². The van der Waals surface area contributed by atoms with E-state index in [1.165, 1.54) is 6.39 Å². The Balaban J connectivity index is 2.03. The summed E-state index contributed by atoms with van der Waals surface area (Å²) >= 11 is 0. The van der Waals surface area contributed by atoms with Crippen molar-refractivity contribution in [3.8, 4) is 17.1 Å². The lowest BCUT2D eigenvalue weighted by Crippen LogP contribution is -2.19. The number of oxazole rings is 1. The molecule has 0 saturated heterocycles. The van der Waals surface area contributed by atoms with Gasteiger partial charge in [-0.05, 0) is 31.2 Å². The highest BCUT2D eigenvalue weighted by atomic mass is 16.5. The number of nitrogens with zero attached hydrogens (tertiary/aromatic N) is 1. The van der Waals surface area contributed by atoms with Crippen LogP contribution in [0.25, 0.3) is 11.3 Å². The Morgan fingerprint density at radius 1 is 1.25 bits per heavy atom. The number of benzene rings is 1. The van der Waals surface area contributed by atoms with E-state index in [-0.39, 0.29) is 0 Å². The van der Waals surface area contributed by atoms with Gasteiger partial charge in [-0.15, -0.1) is 0 Å². The van der Waals surface area contributed by atoms with Crippen LogP contribution in [0.4, 0.5) is 0 Å². The van der Waals surface area contributed by atoms with E-state index in [0.717, 1.165) is 29.3 Å². The molecule has 1 N–H and O–H groups in total. The summed E-state index contributed by atoms with van der Waals surface area (Å²) in [6, 6.07) is 7.82. The van der Waals surface area contributed by atoms with Crippen molar-refractivity contribution in [1.82, 2.24) is 10.3 Å². The molecule has 0 saturated carbocycles. The van der Waals surface area contributed by atoms with Crippen molar-refractivity contribution in [2.45, 2.75) is 13.5 Å². The second kappa shape index (κ2) is 7.67. The number of ether oxygens (including phenoxy) is 2. The predicted molar refractivity (Wildman–Crippen MR) is 76.7 cm³/mol. The summed E-state index contributed by atoms with van der Waals surface area (Å²) in [5.41, 5.74) is 1.89. The van der Waals surface area contributed by atoms with Gasteiger partial charge >= 0.3 is 0 Å². The Hall–Kier alpha value is -1.85. The normalized spacial score (nSPS) is 10.7. The van der Waals surface area contributed by atoms with Crippen molar-refractivity contribution >= 4 is 0 Å². The maximum atomic E-state index is 5.48. The van der Waals surface area contributed by atoms with Crippen LogP contribution in [0.3, 0.4) is 0 Å². The lowest BCUT2D eigenvalue weighted by molar-refractivity contribution is 0.199. The monoisotopic (exact) mass is 276 g/mol. The fourth-order valence-corrected chi connectivity index (χ4v) is 1.88. The van der Waals surface area contributed by atoms with Crippen LogP contribution in [0.5, 0.6) is 5.75 Å². The molecule has 20 heavy (non-hydrogen) atoms. The minimum atomic E-state index is 0.655. The zero-order chi connectivity index (χ0) is 14.2. The molecule has 1 aromatic heterocycles. The van der Waals surface area contributed by atoms with Gasteiger partial charge in [-0.25, -0.2) is 4.98 Å². The maximum Gasteiger partial charge on any atom is 0.181 e. The van der Waals surface area contributed by atoms with Crippen molar-refractivity contribution < 1.29 is 13.9 Å². The second-order valence-corrected chi connectivity index (χ2v) is 4.26. The van der Waals surface area contributed by atoms with E-state index in [0.29, 0.717) is 19.8 Å². The van der Waals surface area contributed by atoms with E-state index in [9.17, 15) is 0 Å². The Labute approximate surface area is 118 Å². The number of methoxy groups -OCH3 is 1. The molecule has 0 amide bonds. The highest BCUT2D eigenvalue weighted by Gasteiger charge is 2.10. The summed E-state index contributed by atoms with van der Waals surface area (Å²) in [6.45, 7) is 4.75. The van der Waals surface area contributed by atoms with Crippen LogP contribution < -0.4 is 10.1 Å². The Morgan fingerprint density at radius 2 is 2.05 bits per heavy atom. The number of hydrogen-bond donors (Lipinski definition) is 1. The zero-order valence-electron chi connectivity index (χ0n) is 11.9. The lowest BCUT2D eigenvalue weighted by Gasteiger charge is -2.05. The lowest BCUT2D eigenvalue weighted by atomic mass is 10.1. The Morgan fingerprint density at radius 3 is 2.75 bits per heavy atom. The van der Waals surface area contributed by atoms with Crippen LogP contribution in [0.15, 0.2) is 35.1 Å². The van der Waals surface area contributed by atoms with Crippen molar-refractivity contribution in [1.29, 1.82) is 0 Å². The third kappa shape index (κ3) is 3.82. The first-order valence-corrected chi connectivity index (χ1v) is 6.70. The van der Waals surface area contributed by atoms with Gasteiger partial charge in [-0.2, -0.15) is 0 Å². The standard InChI is InChI=1S/C15H20N2O3/c1-3-19-13-6-4-12(5-7-13)15-14(17-11-20-15)10-16-8-9-18-2/h4-7,11,16H,3,8-10H2,1-2H3. The van der Waals surface area contributed by atoms with Gasteiger partial charge in [0.05, 0.1) is 13.2 Å². The van der Waals surface area contributed by atoms with Gasteiger partial charge in [-0.1, -0.05) is 0 Å². The van der Waals surface area contributed by atoms with Crippen LogP contribution in [0, 0.1) is 0 Å². The van der Waals surface area contributed by atoms with E-state index in [2.05, 4.69) is 10.3 Å². The smallest absolute Gasteiger partial charge is 0.181 e. The average Bonchev–Trinajstić information content (AvgIpc) is 2.93. The minimum Gasteiger partial charge on any atom is -0.494 e. The number of nitrogens with one attached hydrogen (secondary N) is 1. The highest BCUT2D eigenvalue weighted by molar-refractivity contribution is 5.60. The summed E-state index contributed by atoms with van der Waals surface area (Å²) in [7, 11) is 1.68. The van der Waals surface area contributed by atoms with Crippen LogP contribution >= 0.6 is 0 Å². The minimum absolute atomic E-state index is 0.655. The van der Waals surface area contributed by atoms with E-state index in [4.69, 9.17) is 13.9 Å². The molecule has 0 aliphatic heterocycles. The van der Waals surface area contributed by atoms with E-state index >= 15 is 0 Å². The Bertz CT molecular complexity index is 508. The second-order valence-electron chi connectivity index (χ2n) is 4.26. The number of aromatic nitrogens is 1. The molecule has 0 unspecified atom stereocenters. The third-order valence-electron chi connectivity index (χ3n) is 2.84. The summed E-state index contributed by atoms with van der Waals surface area (Å²) in [4.78, 5) is 4.25. The van der Waals surface area contributed by atoms with E-state index < -0.39 is 0 Å². The molecule has 5 nitrogen and oxygen atoms in total. The molecule has 0 radical (unpaired) electrons. The van der Waals surface area contributed by atoms with Crippen molar-refractivity contribution in [3.63, 3.8) is 0 Å².